The highest BCUT2D eigenvalue weighted by atomic mass is 15.2. The van der Waals surface area contributed by atoms with Crippen molar-refractivity contribution in [3.05, 3.63) is 42.7 Å². The molecule has 4 heterocycles. The van der Waals surface area contributed by atoms with Crippen LogP contribution in [-0.2, 0) is 0 Å². The lowest BCUT2D eigenvalue weighted by Gasteiger charge is -2.32. The van der Waals surface area contributed by atoms with Crippen molar-refractivity contribution in [2.75, 3.05) is 51.6 Å². The van der Waals surface area contributed by atoms with E-state index in [4.69, 9.17) is 4.98 Å². The third-order valence-electron chi connectivity index (χ3n) is 5.78. The maximum Gasteiger partial charge on any atom is 0.151 e. The van der Waals surface area contributed by atoms with Crippen LogP contribution in [0.5, 0.6) is 0 Å². The zero-order valence-electron chi connectivity index (χ0n) is 16.3. The van der Waals surface area contributed by atoms with Crippen molar-refractivity contribution in [1.29, 1.82) is 0 Å². The number of pyridine rings is 2. The minimum atomic E-state index is 0.917. The summed E-state index contributed by atoms with van der Waals surface area (Å²) in [6.07, 6.45) is 4.88. The third-order valence-corrected chi connectivity index (χ3v) is 5.78. The Bertz CT molecular complexity index is 1110. The van der Waals surface area contributed by atoms with Crippen molar-refractivity contribution in [1.82, 2.24) is 24.8 Å². The van der Waals surface area contributed by atoms with Gasteiger partial charge in [-0.3, -0.25) is 4.98 Å². The average Bonchev–Trinajstić information content (AvgIpc) is 3.12. The Hall–Kier alpha value is -2.70. The number of aromatic nitrogens is 3. The number of likely N-dealkylation sites (N-methyl/N-ethyl adjacent to an activating group) is 1. The summed E-state index contributed by atoms with van der Waals surface area (Å²) < 4.78 is 0. The maximum absolute atomic E-state index is 4.91. The maximum atomic E-state index is 4.91. The highest BCUT2D eigenvalue weighted by Gasteiger charge is 2.15. The van der Waals surface area contributed by atoms with Gasteiger partial charge < -0.3 is 20.1 Å². The van der Waals surface area contributed by atoms with Gasteiger partial charge >= 0.3 is 0 Å². The molecular formula is C22H26N6. The molecule has 1 aliphatic rings. The van der Waals surface area contributed by atoms with Crippen LogP contribution in [-0.4, -0.2) is 71.1 Å². The summed E-state index contributed by atoms with van der Waals surface area (Å²) in [5.41, 5.74) is 3.19. The lowest BCUT2D eigenvalue weighted by atomic mass is 10.1. The van der Waals surface area contributed by atoms with Gasteiger partial charge in [0.1, 0.15) is 0 Å². The summed E-state index contributed by atoms with van der Waals surface area (Å²) in [6, 6.07) is 10.4. The van der Waals surface area contributed by atoms with Gasteiger partial charge in [-0.2, -0.15) is 0 Å². The van der Waals surface area contributed by atoms with Crippen LogP contribution in [0.15, 0.2) is 42.7 Å². The number of rotatable bonds is 5. The predicted molar refractivity (Wildman–Crippen MR) is 116 cm³/mol. The Balaban J connectivity index is 1.40. The molecule has 144 valence electrons. The minimum absolute atomic E-state index is 0.917. The molecule has 6 heteroatoms. The average molecular weight is 374 g/mol. The molecule has 28 heavy (non-hydrogen) atoms. The van der Waals surface area contributed by atoms with E-state index >= 15 is 0 Å². The molecule has 6 nitrogen and oxygen atoms in total. The molecule has 1 saturated heterocycles. The van der Waals surface area contributed by atoms with E-state index in [0.29, 0.717) is 0 Å². The molecule has 0 aliphatic carbocycles. The molecular weight excluding hydrogens is 348 g/mol. The third kappa shape index (κ3) is 3.19. The number of H-pyrrole nitrogens is 1. The zero-order valence-corrected chi connectivity index (χ0v) is 16.3. The van der Waals surface area contributed by atoms with Crippen LogP contribution in [0.1, 0.15) is 6.42 Å². The largest absolute Gasteiger partial charge is 0.368 e. The number of benzene rings is 1. The minimum Gasteiger partial charge on any atom is -0.368 e. The molecule has 1 aliphatic heterocycles. The number of hydrogen-bond donors (Lipinski definition) is 2. The molecule has 3 aromatic heterocycles. The second-order valence-electron chi connectivity index (χ2n) is 7.70. The van der Waals surface area contributed by atoms with E-state index < -0.39 is 0 Å². The van der Waals surface area contributed by atoms with Gasteiger partial charge in [0.25, 0.3) is 0 Å². The Morgan fingerprint density at radius 2 is 1.93 bits per heavy atom. The fourth-order valence-corrected chi connectivity index (χ4v) is 4.16. The molecule has 0 unspecified atom stereocenters. The van der Waals surface area contributed by atoms with Crippen LogP contribution in [0.25, 0.3) is 32.7 Å². The number of anilines is 1. The lowest BCUT2D eigenvalue weighted by Crippen LogP contribution is -2.44. The number of para-hydroxylation sites is 1. The summed E-state index contributed by atoms with van der Waals surface area (Å²) in [5.74, 6) is 0.934. The lowest BCUT2D eigenvalue weighted by molar-refractivity contribution is 0.154. The Morgan fingerprint density at radius 3 is 2.82 bits per heavy atom. The first kappa shape index (κ1) is 17.4. The van der Waals surface area contributed by atoms with Crippen molar-refractivity contribution in [2.45, 2.75) is 6.42 Å². The summed E-state index contributed by atoms with van der Waals surface area (Å²) in [7, 11) is 2.20. The fraction of sp³-hybridized carbons (Fsp3) is 0.364. The molecule has 0 bridgehead atoms. The van der Waals surface area contributed by atoms with Gasteiger partial charge in [0.2, 0.25) is 0 Å². The van der Waals surface area contributed by atoms with Crippen LogP contribution in [0.2, 0.25) is 0 Å². The first-order valence-corrected chi connectivity index (χ1v) is 10.1. The van der Waals surface area contributed by atoms with Gasteiger partial charge in [-0.15, -0.1) is 0 Å². The van der Waals surface area contributed by atoms with E-state index in [2.05, 4.69) is 50.3 Å². The Kier molecular flexibility index (Phi) is 4.58. The van der Waals surface area contributed by atoms with Gasteiger partial charge in [-0.05, 0) is 32.1 Å². The predicted octanol–water partition coefficient (Wildman–Crippen LogP) is 3.31. The smallest absolute Gasteiger partial charge is 0.151 e. The summed E-state index contributed by atoms with van der Waals surface area (Å²) in [4.78, 5) is 17.8. The van der Waals surface area contributed by atoms with E-state index in [-0.39, 0.29) is 0 Å². The first-order valence-electron chi connectivity index (χ1n) is 10.1. The summed E-state index contributed by atoms with van der Waals surface area (Å²) >= 11 is 0. The van der Waals surface area contributed by atoms with E-state index in [1.54, 1.807) is 0 Å². The van der Waals surface area contributed by atoms with Gasteiger partial charge in [-0.25, -0.2) is 4.98 Å². The molecule has 0 amide bonds. The number of piperazine rings is 1. The van der Waals surface area contributed by atoms with Crippen molar-refractivity contribution in [2.24, 2.45) is 0 Å². The highest BCUT2D eigenvalue weighted by molar-refractivity contribution is 6.21. The van der Waals surface area contributed by atoms with Crippen LogP contribution in [0.4, 0.5) is 5.82 Å². The summed E-state index contributed by atoms with van der Waals surface area (Å²) in [5, 5.41) is 7.11. The number of aromatic amines is 1. The van der Waals surface area contributed by atoms with E-state index in [1.165, 1.54) is 37.0 Å². The number of nitrogens with one attached hydrogen (secondary N) is 2. The second kappa shape index (κ2) is 7.37. The van der Waals surface area contributed by atoms with Crippen LogP contribution in [0.3, 0.4) is 0 Å². The van der Waals surface area contributed by atoms with Crippen molar-refractivity contribution < 1.29 is 0 Å². The van der Waals surface area contributed by atoms with Crippen LogP contribution >= 0.6 is 0 Å². The molecule has 4 aromatic rings. The van der Waals surface area contributed by atoms with E-state index in [0.717, 1.165) is 47.3 Å². The zero-order chi connectivity index (χ0) is 18.9. The molecule has 5 rings (SSSR count). The quantitative estimate of drug-likeness (QED) is 0.525. The molecule has 1 fully saturated rings. The molecule has 0 saturated carbocycles. The number of nitrogens with zero attached hydrogens (tertiary/aromatic N) is 4. The Morgan fingerprint density at radius 1 is 1.07 bits per heavy atom. The molecule has 0 atom stereocenters. The molecule has 1 aromatic carbocycles. The number of fused-ring (bicyclic) bond motifs is 5. The first-order chi connectivity index (χ1) is 13.8. The van der Waals surface area contributed by atoms with E-state index in [1.807, 2.05) is 24.5 Å². The van der Waals surface area contributed by atoms with Crippen LogP contribution in [0, 0.1) is 0 Å². The summed E-state index contributed by atoms with van der Waals surface area (Å²) in [6.45, 7) is 6.73. The van der Waals surface area contributed by atoms with Crippen molar-refractivity contribution in [3.63, 3.8) is 0 Å². The van der Waals surface area contributed by atoms with Gasteiger partial charge in [0.15, 0.2) is 5.82 Å². The molecule has 0 radical (unpaired) electrons. The van der Waals surface area contributed by atoms with Crippen molar-refractivity contribution >= 4 is 38.5 Å². The van der Waals surface area contributed by atoms with Crippen molar-refractivity contribution in [3.8, 4) is 0 Å². The molecule has 0 spiro atoms. The van der Waals surface area contributed by atoms with Gasteiger partial charge in [0.05, 0.1) is 11.0 Å². The molecule has 2 N–H and O–H groups in total. The van der Waals surface area contributed by atoms with Gasteiger partial charge in [-0.1, -0.05) is 18.2 Å². The topological polar surface area (TPSA) is 60.1 Å². The fourth-order valence-electron chi connectivity index (χ4n) is 4.16. The number of hydrogen-bond acceptors (Lipinski definition) is 5. The second-order valence-corrected chi connectivity index (χ2v) is 7.70. The van der Waals surface area contributed by atoms with E-state index in [9.17, 15) is 0 Å². The normalized spacial score (nSPS) is 16.3. The SMILES string of the molecule is CN1CCN(CCCNc2nc3ccccc3c3c2[nH]c2ccncc23)CC1. The van der Waals surface area contributed by atoms with Crippen LogP contribution < -0.4 is 5.32 Å². The monoisotopic (exact) mass is 374 g/mol. The Labute approximate surface area is 164 Å². The van der Waals surface area contributed by atoms with Gasteiger partial charge in [0, 0.05) is 66.8 Å². The highest BCUT2D eigenvalue weighted by Crippen LogP contribution is 2.34. The standard InChI is InChI=1S/C22H26N6/c1-27-11-13-28(14-12-27)10-4-8-24-22-21-20(16-5-2-3-6-18(16)26-22)17-15-23-9-7-19(17)25-21/h2-3,5-7,9,15,25H,4,8,10-14H2,1H3,(H,24,26).